The molecule has 0 aliphatic heterocycles. The molecule has 0 amide bonds. The van der Waals surface area contributed by atoms with Crippen LogP contribution in [0.2, 0.25) is 0 Å². The van der Waals surface area contributed by atoms with E-state index >= 15 is 0 Å². The lowest BCUT2D eigenvalue weighted by molar-refractivity contribution is 0.0696. The van der Waals surface area contributed by atoms with E-state index in [9.17, 15) is 9.90 Å². The average molecular weight is 376 g/mol. The van der Waals surface area contributed by atoms with Gasteiger partial charge < -0.3 is 10.2 Å². The van der Waals surface area contributed by atoms with Gasteiger partial charge in [0.1, 0.15) is 6.10 Å². The molecule has 1 unspecified atom stereocenters. The van der Waals surface area contributed by atoms with E-state index in [0.717, 1.165) is 29.5 Å². The fourth-order valence-electron chi connectivity index (χ4n) is 3.94. The number of hydrogen-bond acceptors (Lipinski definition) is 2. The monoisotopic (exact) mass is 376 g/mol. The number of carboxylic acids is 1. The van der Waals surface area contributed by atoms with Crippen LogP contribution in [0, 0.1) is 18.8 Å². The summed E-state index contributed by atoms with van der Waals surface area (Å²) >= 11 is 0. The molecule has 3 rings (SSSR count). The highest BCUT2D eigenvalue weighted by molar-refractivity contribution is 5.88. The number of aromatic carboxylic acids is 1. The number of fused-ring (bicyclic) bond motifs is 1. The fraction of sp³-hybridized carbons (Fsp3) is 0.400. The Morgan fingerprint density at radius 1 is 1.00 bits per heavy atom. The first-order valence-electron chi connectivity index (χ1n) is 9.70. The Morgan fingerprint density at radius 2 is 1.64 bits per heavy atom. The summed E-state index contributed by atoms with van der Waals surface area (Å²) in [5.41, 5.74) is 5.42. The molecule has 0 saturated carbocycles. The molecule has 0 aromatic heterocycles. The summed E-state index contributed by atoms with van der Waals surface area (Å²) in [6.45, 7) is 10.9. The molecule has 1 aliphatic carbocycles. The number of carbonyl (C=O) groups is 1. The van der Waals surface area contributed by atoms with Gasteiger partial charge in [-0.05, 0) is 71.0 Å². The highest BCUT2D eigenvalue weighted by Crippen LogP contribution is 2.46. The highest BCUT2D eigenvalue weighted by Gasteiger charge is 2.37. The first-order valence-corrected chi connectivity index (χ1v) is 9.70. The van der Waals surface area contributed by atoms with Crippen molar-refractivity contribution in [2.45, 2.75) is 64.4 Å². The van der Waals surface area contributed by atoms with Crippen LogP contribution < -0.4 is 0 Å². The van der Waals surface area contributed by atoms with Crippen LogP contribution in [0.5, 0.6) is 0 Å². The minimum absolute atomic E-state index is 0.0806. The predicted octanol–water partition coefficient (Wildman–Crippen LogP) is 5.13. The van der Waals surface area contributed by atoms with Crippen molar-refractivity contribution < 1.29 is 15.0 Å². The molecular weight excluding hydrogens is 348 g/mol. The zero-order valence-corrected chi connectivity index (χ0v) is 17.3. The Bertz CT molecular complexity index is 987. The molecule has 146 valence electrons. The first-order chi connectivity index (χ1) is 13.0. The predicted molar refractivity (Wildman–Crippen MR) is 112 cm³/mol. The van der Waals surface area contributed by atoms with Gasteiger partial charge in [0.15, 0.2) is 0 Å². The standard InChI is InChI=1S/C25H28O3/c1-16-14-19(23(27)28)7-6-17(16)9-11-22(26)18-8-10-20-21(15-18)25(4,5)13-12-24(20,2)3/h6-8,10,14-15,22,26H,12-13H2,1-5H3,(H,27,28). The highest BCUT2D eigenvalue weighted by atomic mass is 16.4. The summed E-state index contributed by atoms with van der Waals surface area (Å²) in [6.07, 6.45) is 1.39. The van der Waals surface area contributed by atoms with E-state index in [0.29, 0.717) is 0 Å². The Kier molecular flexibility index (Phi) is 5.12. The lowest BCUT2D eigenvalue weighted by Gasteiger charge is -2.42. The van der Waals surface area contributed by atoms with E-state index in [1.165, 1.54) is 17.2 Å². The molecule has 1 atom stereocenters. The van der Waals surface area contributed by atoms with Gasteiger partial charge in [-0.15, -0.1) is 0 Å². The van der Waals surface area contributed by atoms with Gasteiger partial charge in [0.2, 0.25) is 0 Å². The quantitative estimate of drug-likeness (QED) is 0.715. The van der Waals surface area contributed by atoms with Crippen LogP contribution in [-0.4, -0.2) is 16.2 Å². The van der Waals surface area contributed by atoms with Crippen molar-refractivity contribution in [3.63, 3.8) is 0 Å². The van der Waals surface area contributed by atoms with Crippen LogP contribution in [-0.2, 0) is 10.8 Å². The van der Waals surface area contributed by atoms with Crippen molar-refractivity contribution in [3.05, 3.63) is 69.8 Å². The second-order valence-electron chi connectivity index (χ2n) is 9.08. The lowest BCUT2D eigenvalue weighted by atomic mass is 9.63. The number of hydrogen-bond donors (Lipinski definition) is 2. The van der Waals surface area contributed by atoms with E-state index in [1.54, 1.807) is 12.1 Å². The molecule has 2 N–H and O–H groups in total. The molecule has 0 bridgehead atoms. The van der Waals surface area contributed by atoms with Gasteiger partial charge in [0.25, 0.3) is 0 Å². The first kappa shape index (κ1) is 20.2. The molecule has 0 heterocycles. The second kappa shape index (κ2) is 7.11. The van der Waals surface area contributed by atoms with Crippen molar-refractivity contribution >= 4 is 5.97 Å². The number of carboxylic acid groups (broad SMARTS) is 1. The van der Waals surface area contributed by atoms with Gasteiger partial charge in [-0.1, -0.05) is 57.7 Å². The van der Waals surface area contributed by atoms with Gasteiger partial charge >= 0.3 is 5.97 Å². The maximum atomic E-state index is 11.1. The number of benzene rings is 2. The Hall–Kier alpha value is -2.57. The SMILES string of the molecule is Cc1cc(C(=O)O)ccc1C#CC(O)c1ccc2c(c1)C(C)(C)CCC2(C)C. The van der Waals surface area contributed by atoms with Crippen LogP contribution in [0.3, 0.4) is 0 Å². The van der Waals surface area contributed by atoms with Crippen LogP contribution in [0.25, 0.3) is 0 Å². The second-order valence-corrected chi connectivity index (χ2v) is 9.08. The zero-order chi connectivity index (χ0) is 20.7. The van der Waals surface area contributed by atoms with E-state index in [1.807, 2.05) is 13.0 Å². The van der Waals surface area contributed by atoms with Crippen molar-refractivity contribution in [2.75, 3.05) is 0 Å². The molecule has 2 aromatic rings. The summed E-state index contributed by atoms with van der Waals surface area (Å²) in [5.74, 6) is 4.96. The van der Waals surface area contributed by atoms with E-state index in [2.05, 4.69) is 51.7 Å². The third-order valence-electron chi connectivity index (χ3n) is 6.01. The number of aryl methyl sites for hydroxylation is 1. The van der Waals surface area contributed by atoms with Crippen molar-refractivity contribution in [1.82, 2.24) is 0 Å². The van der Waals surface area contributed by atoms with Crippen molar-refractivity contribution in [3.8, 4) is 11.8 Å². The van der Waals surface area contributed by atoms with Crippen LogP contribution in [0.15, 0.2) is 36.4 Å². The van der Waals surface area contributed by atoms with Gasteiger partial charge in [-0.25, -0.2) is 4.79 Å². The molecule has 0 saturated heterocycles. The Labute approximate surface area is 167 Å². The Morgan fingerprint density at radius 3 is 2.25 bits per heavy atom. The van der Waals surface area contributed by atoms with Crippen LogP contribution in [0.4, 0.5) is 0 Å². The van der Waals surface area contributed by atoms with E-state index < -0.39 is 12.1 Å². The van der Waals surface area contributed by atoms with Crippen molar-refractivity contribution in [1.29, 1.82) is 0 Å². The summed E-state index contributed by atoms with van der Waals surface area (Å²) in [6, 6.07) is 11.1. The number of rotatable bonds is 2. The minimum atomic E-state index is -0.956. The summed E-state index contributed by atoms with van der Waals surface area (Å²) in [4.78, 5) is 11.1. The van der Waals surface area contributed by atoms with Crippen LogP contribution in [0.1, 0.15) is 84.8 Å². The molecule has 1 aliphatic rings. The van der Waals surface area contributed by atoms with E-state index in [4.69, 9.17) is 5.11 Å². The maximum absolute atomic E-state index is 11.1. The number of aliphatic hydroxyl groups excluding tert-OH is 1. The minimum Gasteiger partial charge on any atom is -0.478 e. The van der Waals surface area contributed by atoms with Crippen molar-refractivity contribution in [2.24, 2.45) is 0 Å². The van der Waals surface area contributed by atoms with Gasteiger partial charge in [0, 0.05) is 5.56 Å². The van der Waals surface area contributed by atoms with Gasteiger partial charge in [-0.3, -0.25) is 0 Å². The third kappa shape index (κ3) is 3.84. The molecule has 0 radical (unpaired) electrons. The molecule has 2 aromatic carbocycles. The van der Waals surface area contributed by atoms with Gasteiger partial charge in [0.05, 0.1) is 5.56 Å². The average Bonchev–Trinajstić information content (AvgIpc) is 2.64. The fourth-order valence-corrected chi connectivity index (χ4v) is 3.94. The summed E-state index contributed by atoms with van der Waals surface area (Å²) < 4.78 is 0. The van der Waals surface area contributed by atoms with Gasteiger partial charge in [-0.2, -0.15) is 0 Å². The van der Waals surface area contributed by atoms with E-state index in [-0.39, 0.29) is 16.4 Å². The summed E-state index contributed by atoms with van der Waals surface area (Å²) in [7, 11) is 0. The molecular formula is C25H28O3. The lowest BCUT2D eigenvalue weighted by Crippen LogP contribution is -2.34. The number of aliphatic hydroxyl groups is 1. The zero-order valence-electron chi connectivity index (χ0n) is 17.3. The molecule has 28 heavy (non-hydrogen) atoms. The Balaban J connectivity index is 1.92. The molecule has 0 spiro atoms. The largest absolute Gasteiger partial charge is 0.478 e. The maximum Gasteiger partial charge on any atom is 0.335 e. The molecule has 3 nitrogen and oxygen atoms in total. The summed E-state index contributed by atoms with van der Waals surface area (Å²) in [5, 5.41) is 19.7. The topological polar surface area (TPSA) is 57.5 Å². The third-order valence-corrected chi connectivity index (χ3v) is 6.01. The molecule has 3 heteroatoms. The smallest absolute Gasteiger partial charge is 0.335 e. The molecule has 0 fully saturated rings. The van der Waals surface area contributed by atoms with Crippen LogP contribution >= 0.6 is 0 Å². The normalized spacial score (nSPS) is 17.8.